The van der Waals surface area contributed by atoms with Crippen molar-refractivity contribution in [1.29, 1.82) is 0 Å². The van der Waals surface area contributed by atoms with Gasteiger partial charge in [-0.3, -0.25) is 14.2 Å². The van der Waals surface area contributed by atoms with Gasteiger partial charge in [-0.15, -0.1) is 11.8 Å². The van der Waals surface area contributed by atoms with Crippen molar-refractivity contribution >= 4 is 29.4 Å². The van der Waals surface area contributed by atoms with E-state index in [0.717, 1.165) is 60.1 Å². The highest BCUT2D eigenvalue weighted by molar-refractivity contribution is 8.00. The second-order valence-electron chi connectivity index (χ2n) is 7.42. The molecule has 30 heavy (non-hydrogen) atoms. The van der Waals surface area contributed by atoms with Crippen LogP contribution in [0.4, 0.5) is 0 Å². The molecule has 0 saturated carbocycles. The normalized spacial score (nSPS) is 16.2. The van der Waals surface area contributed by atoms with Crippen LogP contribution < -0.4 is 10.3 Å². The van der Waals surface area contributed by atoms with Gasteiger partial charge in [0.1, 0.15) is 5.75 Å². The summed E-state index contributed by atoms with van der Waals surface area (Å²) in [5.74, 6) is 2.07. The smallest absolute Gasteiger partial charge is 0.272 e. The SMILES string of the molecule is CCOc1ccc(-n2c(SCC(=O)N3CCCCCC3)nc3c(c2=O)SCC3)cc1. The van der Waals surface area contributed by atoms with Gasteiger partial charge in [0.15, 0.2) is 5.16 Å². The molecule has 1 aromatic carbocycles. The molecule has 0 N–H and O–H groups in total. The van der Waals surface area contributed by atoms with Crippen LogP contribution in [0.2, 0.25) is 0 Å². The van der Waals surface area contributed by atoms with E-state index >= 15 is 0 Å². The monoisotopic (exact) mass is 445 g/mol. The average Bonchev–Trinajstić information content (AvgIpc) is 3.06. The zero-order valence-corrected chi connectivity index (χ0v) is 18.9. The van der Waals surface area contributed by atoms with E-state index in [-0.39, 0.29) is 11.5 Å². The zero-order valence-electron chi connectivity index (χ0n) is 17.3. The number of ether oxygens (including phenoxy) is 1. The van der Waals surface area contributed by atoms with Crippen molar-refractivity contribution in [3.8, 4) is 11.4 Å². The van der Waals surface area contributed by atoms with Gasteiger partial charge in [-0.1, -0.05) is 24.6 Å². The third-order valence-electron chi connectivity index (χ3n) is 5.36. The van der Waals surface area contributed by atoms with E-state index in [1.54, 1.807) is 16.3 Å². The first-order chi connectivity index (χ1) is 14.7. The third-order valence-corrected chi connectivity index (χ3v) is 7.39. The summed E-state index contributed by atoms with van der Waals surface area (Å²) in [6, 6.07) is 7.48. The van der Waals surface area contributed by atoms with Gasteiger partial charge in [-0.25, -0.2) is 4.98 Å². The number of carbonyl (C=O) groups is 1. The molecule has 0 spiro atoms. The van der Waals surface area contributed by atoms with Gasteiger partial charge in [0.2, 0.25) is 5.91 Å². The number of likely N-dealkylation sites (tertiary alicyclic amines) is 1. The van der Waals surface area contributed by atoms with Crippen molar-refractivity contribution in [1.82, 2.24) is 14.5 Å². The Balaban J connectivity index is 1.61. The molecule has 2 aliphatic rings. The number of nitrogens with zero attached hydrogens (tertiary/aromatic N) is 3. The van der Waals surface area contributed by atoms with Crippen molar-refractivity contribution < 1.29 is 9.53 Å². The summed E-state index contributed by atoms with van der Waals surface area (Å²) < 4.78 is 7.17. The summed E-state index contributed by atoms with van der Waals surface area (Å²) >= 11 is 2.93. The zero-order chi connectivity index (χ0) is 20.9. The summed E-state index contributed by atoms with van der Waals surface area (Å²) in [5.41, 5.74) is 1.56. The first-order valence-corrected chi connectivity index (χ1v) is 12.6. The number of thioether (sulfide) groups is 2. The summed E-state index contributed by atoms with van der Waals surface area (Å²) in [5, 5.41) is 0.591. The predicted molar refractivity (Wildman–Crippen MR) is 121 cm³/mol. The Hall–Kier alpha value is -1.93. The Morgan fingerprint density at radius 3 is 2.60 bits per heavy atom. The second-order valence-corrected chi connectivity index (χ2v) is 9.47. The molecule has 0 atom stereocenters. The number of carbonyl (C=O) groups excluding carboxylic acids is 1. The largest absolute Gasteiger partial charge is 0.494 e. The molecule has 1 fully saturated rings. The fourth-order valence-electron chi connectivity index (χ4n) is 3.81. The Kier molecular flexibility index (Phi) is 7.04. The minimum Gasteiger partial charge on any atom is -0.494 e. The summed E-state index contributed by atoms with van der Waals surface area (Å²) in [6.07, 6.45) is 5.33. The Morgan fingerprint density at radius 2 is 1.90 bits per heavy atom. The number of benzene rings is 1. The lowest BCUT2D eigenvalue weighted by molar-refractivity contribution is -0.128. The van der Waals surface area contributed by atoms with E-state index < -0.39 is 0 Å². The number of fused-ring (bicyclic) bond motifs is 1. The van der Waals surface area contributed by atoms with Gasteiger partial charge in [-0.2, -0.15) is 0 Å². The maximum Gasteiger partial charge on any atom is 0.272 e. The van der Waals surface area contributed by atoms with Gasteiger partial charge in [0, 0.05) is 25.3 Å². The first-order valence-electron chi connectivity index (χ1n) is 10.6. The van der Waals surface area contributed by atoms with Crippen molar-refractivity contribution in [2.75, 3.05) is 31.2 Å². The van der Waals surface area contributed by atoms with Crippen molar-refractivity contribution in [2.24, 2.45) is 0 Å². The molecule has 1 saturated heterocycles. The number of rotatable bonds is 6. The van der Waals surface area contributed by atoms with Crippen molar-refractivity contribution in [3.63, 3.8) is 0 Å². The molecular weight excluding hydrogens is 418 g/mol. The lowest BCUT2D eigenvalue weighted by atomic mass is 10.2. The molecule has 3 heterocycles. The minimum absolute atomic E-state index is 0.0450. The number of aryl methyl sites for hydroxylation is 1. The van der Waals surface area contributed by atoms with E-state index in [4.69, 9.17) is 9.72 Å². The molecule has 2 aliphatic heterocycles. The van der Waals surface area contributed by atoms with Crippen LogP contribution >= 0.6 is 23.5 Å². The maximum absolute atomic E-state index is 13.2. The molecule has 0 radical (unpaired) electrons. The molecule has 2 aromatic rings. The molecule has 4 rings (SSSR count). The third kappa shape index (κ3) is 4.70. The summed E-state index contributed by atoms with van der Waals surface area (Å²) in [7, 11) is 0. The van der Waals surface area contributed by atoms with E-state index in [2.05, 4.69) is 0 Å². The summed E-state index contributed by atoms with van der Waals surface area (Å²) in [4.78, 5) is 33.5. The van der Waals surface area contributed by atoms with Gasteiger partial charge in [0.05, 0.1) is 28.6 Å². The van der Waals surface area contributed by atoms with Crippen LogP contribution in [0.3, 0.4) is 0 Å². The molecule has 1 amide bonds. The number of aromatic nitrogens is 2. The Morgan fingerprint density at radius 1 is 1.17 bits per heavy atom. The van der Waals surface area contributed by atoms with E-state index in [9.17, 15) is 9.59 Å². The molecule has 0 bridgehead atoms. The van der Waals surface area contributed by atoms with Crippen LogP contribution in [-0.4, -0.2) is 51.6 Å². The number of amides is 1. The van der Waals surface area contributed by atoms with Crippen LogP contribution in [0.25, 0.3) is 5.69 Å². The summed E-state index contributed by atoms with van der Waals surface area (Å²) in [6.45, 7) is 4.20. The van der Waals surface area contributed by atoms with Gasteiger partial charge < -0.3 is 9.64 Å². The molecule has 160 valence electrons. The van der Waals surface area contributed by atoms with Crippen LogP contribution in [0, 0.1) is 0 Å². The number of hydrogen-bond donors (Lipinski definition) is 0. The van der Waals surface area contributed by atoms with E-state index in [1.165, 1.54) is 24.6 Å². The van der Waals surface area contributed by atoms with Crippen LogP contribution in [0.5, 0.6) is 5.75 Å². The molecule has 8 heteroatoms. The Labute approximate surface area is 185 Å². The average molecular weight is 446 g/mol. The van der Waals surface area contributed by atoms with Crippen molar-refractivity contribution in [3.05, 3.63) is 40.3 Å². The van der Waals surface area contributed by atoms with Gasteiger partial charge in [0.25, 0.3) is 5.56 Å². The number of hydrogen-bond acceptors (Lipinski definition) is 6. The van der Waals surface area contributed by atoms with Crippen LogP contribution in [-0.2, 0) is 11.2 Å². The fraction of sp³-hybridized carbons (Fsp3) is 0.500. The van der Waals surface area contributed by atoms with Crippen LogP contribution in [0.1, 0.15) is 38.3 Å². The maximum atomic E-state index is 13.2. The first kappa shape index (κ1) is 21.3. The fourth-order valence-corrected chi connectivity index (χ4v) is 5.77. The highest BCUT2D eigenvalue weighted by Gasteiger charge is 2.24. The van der Waals surface area contributed by atoms with Crippen LogP contribution in [0.15, 0.2) is 39.1 Å². The second kappa shape index (κ2) is 9.92. The highest BCUT2D eigenvalue weighted by Crippen LogP contribution is 2.30. The van der Waals surface area contributed by atoms with Gasteiger partial charge in [-0.05, 0) is 44.0 Å². The molecule has 6 nitrogen and oxygen atoms in total. The van der Waals surface area contributed by atoms with Gasteiger partial charge >= 0.3 is 0 Å². The lowest BCUT2D eigenvalue weighted by Gasteiger charge is -2.20. The molecule has 1 aromatic heterocycles. The highest BCUT2D eigenvalue weighted by atomic mass is 32.2. The Bertz CT molecular complexity index is 951. The molecule has 0 aliphatic carbocycles. The quantitative estimate of drug-likeness (QED) is 0.498. The molecular formula is C22H27N3O3S2. The standard InChI is InChI=1S/C22H27N3O3S2/c1-2-28-17-9-7-16(8-10-17)25-21(27)20-18(11-14-29-20)23-22(25)30-15-19(26)24-12-5-3-4-6-13-24/h7-10H,2-6,11-15H2,1H3. The minimum atomic E-state index is -0.0450. The van der Waals surface area contributed by atoms with E-state index in [1.807, 2.05) is 36.1 Å². The topological polar surface area (TPSA) is 64.4 Å². The molecule has 0 unspecified atom stereocenters. The van der Waals surface area contributed by atoms with Crippen molar-refractivity contribution in [2.45, 2.75) is 49.1 Å². The van der Waals surface area contributed by atoms with E-state index in [0.29, 0.717) is 17.5 Å². The predicted octanol–water partition coefficient (Wildman–Crippen LogP) is 3.77. The lowest BCUT2D eigenvalue weighted by Crippen LogP contribution is -2.33.